The molecule has 0 saturated carbocycles. The zero-order chi connectivity index (χ0) is 20.8. The normalized spacial score (nSPS) is 26.0. The number of carbonyl (C=O) groups is 1. The molecule has 7 heteroatoms. The molecular weight excluding hydrogens is 384 g/mol. The fourth-order valence-electron chi connectivity index (χ4n) is 3.56. The summed E-state index contributed by atoms with van der Waals surface area (Å²) >= 11 is 0. The largest absolute Gasteiger partial charge is 0.374 e. The number of carbonyl (C=O) groups excluding carboxylic acids is 1. The van der Waals surface area contributed by atoms with Gasteiger partial charge in [0.15, 0.2) is 0 Å². The molecule has 2 heterocycles. The second-order valence-corrected chi connectivity index (χ2v) is 7.34. The lowest BCUT2D eigenvalue weighted by molar-refractivity contribution is -0.0873. The van der Waals surface area contributed by atoms with Crippen molar-refractivity contribution in [3.05, 3.63) is 84.1 Å². The van der Waals surface area contributed by atoms with E-state index in [1.54, 1.807) is 6.20 Å². The van der Waals surface area contributed by atoms with Crippen molar-refractivity contribution in [3.8, 4) is 0 Å². The summed E-state index contributed by atoms with van der Waals surface area (Å²) in [5.74, 6) is 0. The topological polar surface area (TPSA) is 80.3 Å². The van der Waals surface area contributed by atoms with E-state index in [4.69, 9.17) is 14.2 Å². The van der Waals surface area contributed by atoms with Crippen LogP contribution in [0.15, 0.2) is 72.9 Å². The molecule has 158 valence electrons. The summed E-state index contributed by atoms with van der Waals surface area (Å²) in [5, 5.41) is 12.0. The molecule has 30 heavy (non-hydrogen) atoms. The van der Waals surface area contributed by atoms with E-state index >= 15 is 0 Å². The van der Waals surface area contributed by atoms with E-state index in [2.05, 4.69) is 5.32 Å². The van der Waals surface area contributed by atoms with Gasteiger partial charge in [0, 0.05) is 12.6 Å². The van der Waals surface area contributed by atoms with Crippen molar-refractivity contribution < 1.29 is 24.1 Å². The standard InChI is InChI=1S/C23H26N2O5/c26-21-11-12-25(23(27)24-21)22-13-19(29-15-18-9-5-2-6-10-18)20(30-22)16-28-14-17-7-3-1-4-8-17/h1-12,19-22,26H,13-16H2,(H,24,27)/t19-,20+,21?,22+/m0/s1. The number of aliphatic hydroxyl groups is 1. The fraction of sp³-hybridized carbons (Fsp3) is 0.348. The maximum atomic E-state index is 12.2. The Balaban J connectivity index is 1.39. The smallest absolute Gasteiger partial charge is 0.325 e. The Labute approximate surface area is 175 Å². The first kappa shape index (κ1) is 20.6. The molecule has 2 amide bonds. The molecule has 0 aromatic heterocycles. The van der Waals surface area contributed by atoms with Crippen LogP contribution in [0.1, 0.15) is 17.5 Å². The SMILES string of the molecule is O=C1NC(O)C=CN1[C@H]1C[C@H](OCc2ccccc2)[C@@H](COCc2ccccc2)O1. The molecule has 0 aliphatic carbocycles. The molecule has 1 unspecified atom stereocenters. The number of hydrogen-bond donors (Lipinski definition) is 2. The van der Waals surface area contributed by atoms with Crippen LogP contribution >= 0.6 is 0 Å². The minimum Gasteiger partial charge on any atom is -0.374 e. The fourth-order valence-corrected chi connectivity index (χ4v) is 3.56. The van der Waals surface area contributed by atoms with Gasteiger partial charge in [0.2, 0.25) is 0 Å². The van der Waals surface area contributed by atoms with E-state index in [-0.39, 0.29) is 12.2 Å². The number of aliphatic hydroxyl groups excluding tert-OH is 1. The second kappa shape index (κ2) is 9.86. The molecule has 2 aliphatic rings. The molecule has 0 radical (unpaired) electrons. The first-order valence-electron chi connectivity index (χ1n) is 10.1. The second-order valence-electron chi connectivity index (χ2n) is 7.34. The van der Waals surface area contributed by atoms with Crippen molar-refractivity contribution in [3.63, 3.8) is 0 Å². The van der Waals surface area contributed by atoms with E-state index in [9.17, 15) is 9.90 Å². The summed E-state index contributed by atoms with van der Waals surface area (Å²) in [6, 6.07) is 19.5. The van der Waals surface area contributed by atoms with Gasteiger partial charge in [0.05, 0.1) is 25.9 Å². The van der Waals surface area contributed by atoms with Crippen LogP contribution in [0.2, 0.25) is 0 Å². The van der Waals surface area contributed by atoms with E-state index in [1.807, 2.05) is 60.7 Å². The molecule has 0 spiro atoms. The number of amides is 2. The van der Waals surface area contributed by atoms with Crippen molar-refractivity contribution in [2.45, 2.75) is 44.3 Å². The Morgan fingerprint density at radius 3 is 2.37 bits per heavy atom. The zero-order valence-electron chi connectivity index (χ0n) is 16.6. The molecular formula is C23H26N2O5. The number of benzene rings is 2. The van der Waals surface area contributed by atoms with Gasteiger partial charge in [0.25, 0.3) is 0 Å². The van der Waals surface area contributed by atoms with Gasteiger partial charge in [-0.2, -0.15) is 0 Å². The van der Waals surface area contributed by atoms with Gasteiger partial charge in [0.1, 0.15) is 18.6 Å². The van der Waals surface area contributed by atoms with E-state index in [1.165, 1.54) is 11.0 Å². The van der Waals surface area contributed by atoms with Gasteiger partial charge in [-0.3, -0.25) is 4.90 Å². The molecule has 2 N–H and O–H groups in total. The van der Waals surface area contributed by atoms with Gasteiger partial charge in [-0.05, 0) is 17.2 Å². The van der Waals surface area contributed by atoms with Crippen molar-refractivity contribution in [1.29, 1.82) is 0 Å². The van der Waals surface area contributed by atoms with Crippen LogP contribution in [0.25, 0.3) is 0 Å². The summed E-state index contributed by atoms with van der Waals surface area (Å²) in [4.78, 5) is 13.7. The number of urea groups is 1. The van der Waals surface area contributed by atoms with Crippen molar-refractivity contribution >= 4 is 6.03 Å². The predicted octanol–water partition coefficient (Wildman–Crippen LogP) is 2.76. The van der Waals surface area contributed by atoms with Crippen molar-refractivity contribution in [2.24, 2.45) is 0 Å². The number of nitrogens with zero attached hydrogens (tertiary/aromatic N) is 1. The highest BCUT2D eigenvalue weighted by Crippen LogP contribution is 2.28. The minimum absolute atomic E-state index is 0.223. The molecule has 7 nitrogen and oxygen atoms in total. The van der Waals surface area contributed by atoms with Crippen LogP contribution in [0.3, 0.4) is 0 Å². The maximum absolute atomic E-state index is 12.2. The quantitative estimate of drug-likeness (QED) is 0.700. The van der Waals surface area contributed by atoms with E-state index < -0.39 is 18.5 Å². The minimum atomic E-state index is -0.981. The van der Waals surface area contributed by atoms with E-state index in [0.717, 1.165) is 11.1 Å². The molecule has 2 aromatic rings. The highest BCUT2D eigenvalue weighted by Gasteiger charge is 2.41. The molecule has 2 aromatic carbocycles. The van der Waals surface area contributed by atoms with Gasteiger partial charge in [-0.25, -0.2) is 4.79 Å². The van der Waals surface area contributed by atoms with Crippen LogP contribution in [0.4, 0.5) is 4.79 Å². The molecule has 4 atom stereocenters. The third kappa shape index (κ3) is 5.25. The highest BCUT2D eigenvalue weighted by molar-refractivity contribution is 5.77. The predicted molar refractivity (Wildman–Crippen MR) is 110 cm³/mol. The number of rotatable bonds is 8. The molecule has 0 bridgehead atoms. The third-order valence-electron chi connectivity index (χ3n) is 5.13. The Kier molecular flexibility index (Phi) is 6.76. The van der Waals surface area contributed by atoms with Crippen LogP contribution in [0.5, 0.6) is 0 Å². The summed E-state index contributed by atoms with van der Waals surface area (Å²) in [6.07, 6.45) is 1.57. The first-order chi connectivity index (χ1) is 14.7. The Morgan fingerprint density at radius 1 is 1.03 bits per heavy atom. The average molecular weight is 410 g/mol. The molecule has 1 fully saturated rings. The van der Waals surface area contributed by atoms with Crippen LogP contribution in [-0.2, 0) is 27.4 Å². The third-order valence-corrected chi connectivity index (χ3v) is 5.13. The lowest BCUT2D eigenvalue weighted by Crippen LogP contribution is -2.49. The molecule has 1 saturated heterocycles. The molecule has 4 rings (SSSR count). The Bertz CT molecular complexity index is 845. The van der Waals surface area contributed by atoms with Gasteiger partial charge >= 0.3 is 6.03 Å². The zero-order valence-corrected chi connectivity index (χ0v) is 16.6. The highest BCUT2D eigenvalue weighted by atomic mass is 16.6. The van der Waals surface area contributed by atoms with E-state index in [0.29, 0.717) is 26.2 Å². The van der Waals surface area contributed by atoms with Gasteiger partial charge < -0.3 is 24.6 Å². The van der Waals surface area contributed by atoms with Gasteiger partial charge in [-0.1, -0.05) is 60.7 Å². The van der Waals surface area contributed by atoms with Gasteiger partial charge in [-0.15, -0.1) is 0 Å². The van der Waals surface area contributed by atoms with Crippen LogP contribution in [-0.4, -0.2) is 47.3 Å². The Morgan fingerprint density at radius 2 is 1.70 bits per heavy atom. The summed E-state index contributed by atoms with van der Waals surface area (Å²) in [6.45, 7) is 1.29. The van der Waals surface area contributed by atoms with Crippen LogP contribution < -0.4 is 5.32 Å². The lowest BCUT2D eigenvalue weighted by atomic mass is 10.1. The van der Waals surface area contributed by atoms with Crippen LogP contribution in [0, 0.1) is 0 Å². The average Bonchev–Trinajstić information content (AvgIpc) is 3.16. The van der Waals surface area contributed by atoms with Crippen molar-refractivity contribution in [2.75, 3.05) is 6.61 Å². The van der Waals surface area contributed by atoms with Crippen molar-refractivity contribution in [1.82, 2.24) is 10.2 Å². The maximum Gasteiger partial charge on any atom is 0.325 e. The Hall–Kier alpha value is -2.71. The number of ether oxygens (including phenoxy) is 3. The number of nitrogens with one attached hydrogen (secondary N) is 1. The number of hydrogen-bond acceptors (Lipinski definition) is 5. The summed E-state index contributed by atoms with van der Waals surface area (Å²) in [7, 11) is 0. The lowest BCUT2D eigenvalue weighted by Gasteiger charge is -2.29. The first-order valence-corrected chi connectivity index (χ1v) is 10.1. The summed E-state index contributed by atoms with van der Waals surface area (Å²) in [5.41, 5.74) is 2.16. The molecule has 2 aliphatic heterocycles. The monoisotopic (exact) mass is 410 g/mol. The summed E-state index contributed by atoms with van der Waals surface area (Å²) < 4.78 is 18.2.